The van der Waals surface area contributed by atoms with Crippen molar-refractivity contribution < 1.29 is 13.2 Å². The number of hydrogen-bond acceptors (Lipinski definition) is 4. The average molecular weight is 417 g/mol. The average Bonchev–Trinajstić information content (AvgIpc) is 2.76. The Morgan fingerprint density at radius 2 is 1.52 bits per heavy atom. The molecule has 1 aliphatic heterocycles. The highest BCUT2D eigenvalue weighted by molar-refractivity contribution is 7.89. The number of nitrogens with one attached hydrogen (secondary N) is 1. The number of nitrogens with zero attached hydrogens (tertiary/aromatic N) is 3. The van der Waals surface area contributed by atoms with Crippen LogP contribution in [-0.2, 0) is 10.0 Å². The Labute approximate surface area is 173 Å². The van der Waals surface area contributed by atoms with Gasteiger partial charge in [-0.25, -0.2) is 13.2 Å². The second-order valence-corrected chi connectivity index (χ2v) is 8.79. The fourth-order valence-corrected chi connectivity index (χ4v) is 4.82. The number of carbonyl (C=O) groups excluding carboxylic acids is 1. The number of carbonyl (C=O) groups is 1. The van der Waals surface area contributed by atoms with Crippen LogP contribution in [0, 0.1) is 0 Å². The van der Waals surface area contributed by atoms with Gasteiger partial charge in [0, 0.05) is 50.6 Å². The Balaban J connectivity index is 1.63. The zero-order chi connectivity index (χ0) is 20.9. The second-order valence-electron chi connectivity index (χ2n) is 6.85. The minimum absolute atomic E-state index is 0.192. The largest absolute Gasteiger partial charge is 0.369 e. The maximum Gasteiger partial charge on any atom is 0.321 e. The summed E-state index contributed by atoms with van der Waals surface area (Å²) in [6, 6.07) is 16.2. The maximum absolute atomic E-state index is 13.0. The highest BCUT2D eigenvalue weighted by atomic mass is 32.2. The van der Waals surface area contributed by atoms with Gasteiger partial charge in [0.2, 0.25) is 10.0 Å². The lowest BCUT2D eigenvalue weighted by Crippen LogP contribution is -2.48. The Hall–Kier alpha value is -2.58. The summed E-state index contributed by atoms with van der Waals surface area (Å²) >= 11 is 0. The van der Waals surface area contributed by atoms with Gasteiger partial charge in [-0.3, -0.25) is 0 Å². The van der Waals surface area contributed by atoms with Crippen LogP contribution in [-0.4, -0.2) is 62.9 Å². The first-order chi connectivity index (χ1) is 14.0. The fraction of sp³-hybridized carbons (Fsp3) is 0.381. The molecule has 2 amide bonds. The zero-order valence-corrected chi connectivity index (χ0v) is 17.7. The summed E-state index contributed by atoms with van der Waals surface area (Å²) in [5.74, 6) is 0. The van der Waals surface area contributed by atoms with Gasteiger partial charge < -0.3 is 15.1 Å². The molecule has 0 unspecified atom stereocenters. The lowest BCUT2D eigenvalue weighted by molar-refractivity contribution is 0.217. The summed E-state index contributed by atoms with van der Waals surface area (Å²) in [5.41, 5.74) is 1.69. The minimum Gasteiger partial charge on any atom is -0.369 e. The molecular formula is C21H28N4O3S. The fourth-order valence-electron chi connectivity index (χ4n) is 3.40. The van der Waals surface area contributed by atoms with E-state index in [4.69, 9.17) is 0 Å². The van der Waals surface area contributed by atoms with E-state index in [9.17, 15) is 13.2 Å². The molecule has 7 nitrogen and oxygen atoms in total. The highest BCUT2D eigenvalue weighted by Gasteiger charge is 2.28. The molecule has 1 saturated heterocycles. The van der Waals surface area contributed by atoms with Crippen molar-refractivity contribution in [3.63, 3.8) is 0 Å². The third-order valence-electron chi connectivity index (χ3n) is 5.15. The number of hydrogen-bond donors (Lipinski definition) is 1. The molecule has 2 aromatic carbocycles. The predicted molar refractivity (Wildman–Crippen MR) is 116 cm³/mol. The van der Waals surface area contributed by atoms with Crippen LogP contribution in [0.25, 0.3) is 0 Å². The van der Waals surface area contributed by atoms with Crippen LogP contribution in [0.2, 0.25) is 0 Å². The van der Waals surface area contributed by atoms with Gasteiger partial charge in [-0.1, -0.05) is 18.2 Å². The Bertz CT molecular complexity index is 905. The molecule has 2 aromatic rings. The van der Waals surface area contributed by atoms with Gasteiger partial charge in [-0.2, -0.15) is 4.31 Å². The summed E-state index contributed by atoms with van der Waals surface area (Å²) in [6.07, 6.45) is 0. The molecule has 29 heavy (non-hydrogen) atoms. The van der Waals surface area contributed by atoms with Crippen LogP contribution in [0.3, 0.4) is 0 Å². The van der Waals surface area contributed by atoms with Gasteiger partial charge >= 0.3 is 6.03 Å². The zero-order valence-electron chi connectivity index (χ0n) is 16.9. The van der Waals surface area contributed by atoms with E-state index >= 15 is 0 Å². The van der Waals surface area contributed by atoms with Crippen molar-refractivity contribution in [3.8, 4) is 0 Å². The molecule has 0 bridgehead atoms. The Kier molecular flexibility index (Phi) is 6.76. The first kappa shape index (κ1) is 21.1. The molecule has 1 heterocycles. The highest BCUT2D eigenvalue weighted by Crippen LogP contribution is 2.22. The van der Waals surface area contributed by atoms with Gasteiger partial charge in [0.25, 0.3) is 0 Å². The molecule has 0 spiro atoms. The SMILES string of the molecule is CCN(CC)C(=O)Nc1ccc(S(=O)(=O)N2CCN(c3ccccc3)CC2)cc1. The summed E-state index contributed by atoms with van der Waals surface area (Å²) in [4.78, 5) is 16.2. The van der Waals surface area contributed by atoms with E-state index in [0.717, 1.165) is 5.69 Å². The number of para-hydroxylation sites is 1. The molecule has 0 saturated carbocycles. The van der Waals surface area contributed by atoms with E-state index in [1.54, 1.807) is 29.2 Å². The van der Waals surface area contributed by atoms with Crippen molar-refractivity contribution in [1.82, 2.24) is 9.21 Å². The van der Waals surface area contributed by atoms with Crippen molar-refractivity contribution in [2.24, 2.45) is 0 Å². The quantitative estimate of drug-likeness (QED) is 0.786. The maximum atomic E-state index is 13.0. The van der Waals surface area contributed by atoms with Gasteiger partial charge in [0.1, 0.15) is 0 Å². The van der Waals surface area contributed by atoms with E-state index in [-0.39, 0.29) is 10.9 Å². The first-order valence-electron chi connectivity index (χ1n) is 9.92. The van der Waals surface area contributed by atoms with Crippen molar-refractivity contribution in [2.75, 3.05) is 49.5 Å². The second kappa shape index (κ2) is 9.28. The smallest absolute Gasteiger partial charge is 0.321 e. The van der Waals surface area contributed by atoms with Crippen molar-refractivity contribution >= 4 is 27.4 Å². The Morgan fingerprint density at radius 1 is 0.931 bits per heavy atom. The molecule has 1 aliphatic rings. The topological polar surface area (TPSA) is 73.0 Å². The van der Waals surface area contributed by atoms with Crippen LogP contribution in [0.1, 0.15) is 13.8 Å². The standard InChI is InChI=1S/C21H28N4O3S/c1-3-23(4-2)21(26)22-18-10-12-20(13-11-18)29(27,28)25-16-14-24(15-17-25)19-8-6-5-7-9-19/h5-13H,3-4,14-17H2,1-2H3,(H,22,26). The van der Waals surface area contributed by atoms with Crippen molar-refractivity contribution in [3.05, 3.63) is 54.6 Å². The number of urea groups is 1. The van der Waals surface area contributed by atoms with Crippen LogP contribution in [0.15, 0.2) is 59.5 Å². The molecule has 0 aromatic heterocycles. The van der Waals surface area contributed by atoms with Crippen LogP contribution >= 0.6 is 0 Å². The monoisotopic (exact) mass is 416 g/mol. The summed E-state index contributed by atoms with van der Waals surface area (Å²) < 4.78 is 27.5. The molecule has 1 N–H and O–H groups in total. The molecule has 0 radical (unpaired) electrons. The van der Waals surface area contributed by atoms with Crippen molar-refractivity contribution in [1.29, 1.82) is 0 Å². The summed E-state index contributed by atoms with van der Waals surface area (Å²) in [5, 5.41) is 2.80. The van der Waals surface area contributed by atoms with Gasteiger partial charge in [-0.15, -0.1) is 0 Å². The molecule has 3 rings (SSSR count). The molecule has 0 aliphatic carbocycles. The Morgan fingerprint density at radius 3 is 2.07 bits per heavy atom. The minimum atomic E-state index is -3.55. The lowest BCUT2D eigenvalue weighted by atomic mass is 10.2. The third-order valence-corrected chi connectivity index (χ3v) is 7.07. The van der Waals surface area contributed by atoms with E-state index in [1.807, 2.05) is 44.2 Å². The van der Waals surface area contributed by atoms with E-state index in [1.165, 1.54) is 4.31 Å². The summed E-state index contributed by atoms with van der Waals surface area (Å²) in [6.45, 7) is 7.25. The van der Waals surface area contributed by atoms with Gasteiger partial charge in [0.05, 0.1) is 4.90 Å². The number of amides is 2. The normalized spacial score (nSPS) is 15.2. The predicted octanol–water partition coefficient (Wildman–Crippen LogP) is 3.07. The first-order valence-corrected chi connectivity index (χ1v) is 11.4. The van der Waals surface area contributed by atoms with Crippen LogP contribution in [0.5, 0.6) is 0 Å². The third kappa shape index (κ3) is 4.89. The molecule has 1 fully saturated rings. The number of piperazine rings is 1. The van der Waals surface area contributed by atoms with Gasteiger partial charge in [0.15, 0.2) is 0 Å². The van der Waals surface area contributed by atoms with Crippen molar-refractivity contribution in [2.45, 2.75) is 18.7 Å². The molecule has 8 heteroatoms. The number of rotatable bonds is 6. The van der Waals surface area contributed by atoms with E-state index < -0.39 is 10.0 Å². The lowest BCUT2D eigenvalue weighted by Gasteiger charge is -2.35. The number of anilines is 2. The van der Waals surface area contributed by atoms with Crippen LogP contribution < -0.4 is 10.2 Å². The molecular weight excluding hydrogens is 388 g/mol. The molecule has 0 atom stereocenters. The number of benzene rings is 2. The van der Waals surface area contributed by atoms with E-state index in [0.29, 0.717) is 45.0 Å². The van der Waals surface area contributed by atoms with Crippen LogP contribution in [0.4, 0.5) is 16.2 Å². The van der Waals surface area contributed by atoms with E-state index in [2.05, 4.69) is 10.2 Å². The summed E-state index contributed by atoms with van der Waals surface area (Å²) in [7, 11) is -3.55. The van der Waals surface area contributed by atoms with Gasteiger partial charge in [-0.05, 0) is 50.2 Å². The molecule has 156 valence electrons. The number of sulfonamides is 1.